The maximum Gasteiger partial charge on any atom is 0.366 e. The lowest BCUT2D eigenvalue weighted by Gasteiger charge is -2.09. The minimum Gasteiger partial charge on any atom is -0.456 e. The molecule has 2 nitrogen and oxygen atoms in total. The smallest absolute Gasteiger partial charge is 0.366 e. The Labute approximate surface area is 80.7 Å². The van der Waals surface area contributed by atoms with Crippen LogP contribution in [0.25, 0.3) is 0 Å². The van der Waals surface area contributed by atoms with Gasteiger partial charge in [-0.2, -0.15) is 4.39 Å². The molecular weight excluding hydrogens is 217 g/mol. The second-order valence-electron chi connectivity index (χ2n) is 1.51. The molecule has 0 N–H and O–H groups in total. The van der Waals surface area contributed by atoms with Crippen molar-refractivity contribution in [2.45, 2.75) is 3.79 Å². The lowest BCUT2D eigenvalue weighted by atomic mass is 10.6. The van der Waals surface area contributed by atoms with Crippen LogP contribution in [-0.4, -0.2) is 16.4 Å². The highest BCUT2D eigenvalue weighted by Gasteiger charge is 2.22. The summed E-state index contributed by atoms with van der Waals surface area (Å²) in [7, 11) is 0. The highest BCUT2D eigenvalue weighted by molar-refractivity contribution is 6.67. The van der Waals surface area contributed by atoms with Crippen LogP contribution in [0.3, 0.4) is 0 Å². The van der Waals surface area contributed by atoms with Crippen molar-refractivity contribution in [3.8, 4) is 0 Å². The predicted molar refractivity (Wildman–Crippen MR) is 41.5 cm³/mol. The van der Waals surface area contributed by atoms with Crippen LogP contribution in [-0.2, 0) is 9.53 Å². The third-order valence-corrected chi connectivity index (χ3v) is 0.873. The number of halogens is 4. The normalized spacial score (nSPS) is 13.1. The second kappa shape index (κ2) is 4.14. The van der Waals surface area contributed by atoms with Crippen molar-refractivity contribution in [1.82, 2.24) is 0 Å². The van der Waals surface area contributed by atoms with Crippen molar-refractivity contribution in [2.75, 3.05) is 6.61 Å². The van der Waals surface area contributed by atoms with E-state index in [0.29, 0.717) is 0 Å². The molecule has 0 radical (unpaired) electrons. The fourth-order valence-electron chi connectivity index (χ4n) is 0.211. The average molecular weight is 223 g/mol. The van der Waals surface area contributed by atoms with Gasteiger partial charge in [-0.15, -0.1) is 0 Å². The van der Waals surface area contributed by atoms with Gasteiger partial charge in [0.15, 0.2) is 0 Å². The molecule has 0 saturated heterocycles. The van der Waals surface area contributed by atoms with E-state index in [0.717, 1.165) is 0 Å². The van der Waals surface area contributed by atoms with Crippen LogP contribution >= 0.6 is 34.8 Å². The fourth-order valence-corrected chi connectivity index (χ4v) is 0.374. The van der Waals surface area contributed by atoms with Crippen LogP contribution in [0.1, 0.15) is 2.74 Å². The Kier molecular flexibility index (Phi) is 2.88. The summed E-state index contributed by atoms with van der Waals surface area (Å²) >= 11 is 15.5. The molecule has 0 aromatic carbocycles. The summed E-state index contributed by atoms with van der Waals surface area (Å²) in [6.45, 7) is -1.92. The molecule has 0 aliphatic heterocycles. The van der Waals surface area contributed by atoms with E-state index in [-0.39, 0.29) is 0 Å². The van der Waals surface area contributed by atoms with Crippen LogP contribution in [0.5, 0.6) is 0 Å². The first-order valence-electron chi connectivity index (χ1n) is 3.31. The lowest BCUT2D eigenvalue weighted by molar-refractivity contribution is -0.140. The first-order valence-corrected chi connectivity index (χ1v) is 3.44. The number of carbonyl (C=O) groups is 1. The maximum absolute atomic E-state index is 12.4. The van der Waals surface area contributed by atoms with Gasteiger partial charge in [0, 0.05) is 0 Å². The predicted octanol–water partition coefficient (Wildman–Crippen LogP) is 2.38. The van der Waals surface area contributed by atoms with Crippen molar-refractivity contribution < 1.29 is 16.7 Å². The highest BCUT2D eigenvalue weighted by Crippen LogP contribution is 2.26. The van der Waals surface area contributed by atoms with Crippen LogP contribution in [0.4, 0.5) is 4.39 Å². The molecule has 0 atom stereocenters. The zero-order chi connectivity index (χ0) is 10.6. The monoisotopic (exact) mass is 222 g/mol. The molecule has 0 aromatic rings. The molecule has 0 bridgehead atoms. The Morgan fingerprint density at radius 1 is 1.73 bits per heavy atom. The number of hydrogen-bond donors (Lipinski definition) is 0. The Morgan fingerprint density at radius 3 is 2.64 bits per heavy atom. The molecule has 0 fully saturated rings. The Morgan fingerprint density at radius 2 is 2.27 bits per heavy atom. The summed E-state index contributed by atoms with van der Waals surface area (Å²) < 4.78 is 27.5. The van der Waals surface area contributed by atoms with E-state index in [2.05, 4.69) is 4.74 Å². The fraction of sp³-hybridized carbons (Fsp3) is 0.400. The summed E-state index contributed by atoms with van der Waals surface area (Å²) in [5, 5.41) is 0. The van der Waals surface area contributed by atoms with E-state index < -0.39 is 28.7 Å². The molecule has 0 amide bonds. The molecule has 0 aliphatic rings. The molecule has 0 heterocycles. The second-order valence-corrected chi connectivity index (χ2v) is 4.02. The molecule has 0 spiro atoms. The van der Waals surface area contributed by atoms with Crippen molar-refractivity contribution >= 4 is 40.8 Å². The van der Waals surface area contributed by atoms with Gasteiger partial charge in [-0.1, -0.05) is 41.3 Å². The molecule has 11 heavy (non-hydrogen) atoms. The van der Waals surface area contributed by atoms with Gasteiger partial charge in [-0.05, 0) is 0 Å². The largest absolute Gasteiger partial charge is 0.456 e. The van der Waals surface area contributed by atoms with Crippen LogP contribution in [0.2, 0.25) is 0 Å². The number of ether oxygens (including phenoxy) is 1. The number of rotatable bonds is 2. The van der Waals surface area contributed by atoms with Gasteiger partial charge in [0.25, 0.3) is 0 Å². The van der Waals surface area contributed by atoms with E-state index in [1.165, 1.54) is 0 Å². The molecule has 64 valence electrons. The number of hydrogen-bond acceptors (Lipinski definition) is 2. The van der Waals surface area contributed by atoms with Gasteiger partial charge in [-0.25, -0.2) is 4.79 Å². The first kappa shape index (κ1) is 7.65. The molecule has 0 rings (SSSR count). The highest BCUT2D eigenvalue weighted by atomic mass is 35.6. The summed E-state index contributed by atoms with van der Waals surface area (Å²) in [4.78, 5) is 10.6. The molecular formula is C5H4Cl3FO2. The number of esters is 1. The van der Waals surface area contributed by atoms with Gasteiger partial charge >= 0.3 is 5.97 Å². The maximum atomic E-state index is 12.4. The zero-order valence-corrected chi connectivity index (χ0v) is 7.30. The zero-order valence-electron chi connectivity index (χ0n) is 7.04. The van der Waals surface area contributed by atoms with Gasteiger partial charge in [0.2, 0.25) is 9.62 Å². The van der Waals surface area contributed by atoms with Gasteiger partial charge < -0.3 is 4.74 Å². The average Bonchev–Trinajstić information content (AvgIpc) is 1.97. The van der Waals surface area contributed by atoms with Gasteiger partial charge in [-0.3, -0.25) is 0 Å². The van der Waals surface area contributed by atoms with Gasteiger partial charge in [0.1, 0.15) is 6.61 Å². The topological polar surface area (TPSA) is 26.3 Å². The van der Waals surface area contributed by atoms with Crippen molar-refractivity contribution in [3.05, 3.63) is 12.4 Å². The van der Waals surface area contributed by atoms with E-state index in [1.807, 2.05) is 0 Å². The molecule has 0 aliphatic carbocycles. The first-order chi connectivity index (χ1) is 5.74. The minimum absolute atomic E-state index is 0.642. The molecule has 0 unspecified atom stereocenters. The molecule has 0 saturated carbocycles. The molecule has 6 heteroatoms. The number of carbonyl (C=O) groups excluding carboxylic acids is 1. The summed E-state index contributed by atoms with van der Waals surface area (Å²) in [5.41, 5.74) is 0. The Balaban J connectivity index is 4.12. The minimum atomic E-state index is -1.83. The van der Waals surface area contributed by atoms with E-state index in [1.54, 1.807) is 0 Å². The van der Waals surface area contributed by atoms with Crippen molar-refractivity contribution in [2.24, 2.45) is 0 Å². The van der Waals surface area contributed by atoms with Crippen molar-refractivity contribution in [3.63, 3.8) is 0 Å². The van der Waals surface area contributed by atoms with Crippen LogP contribution in [0, 0.1) is 0 Å². The van der Waals surface area contributed by atoms with Crippen LogP contribution < -0.4 is 0 Å². The van der Waals surface area contributed by atoms with E-state index in [4.69, 9.17) is 37.5 Å². The summed E-state index contributed by atoms with van der Waals surface area (Å²) in [5.74, 6) is -3.12. The van der Waals surface area contributed by atoms with Crippen LogP contribution in [0.15, 0.2) is 12.4 Å². The third kappa shape index (κ3) is 6.41. The lowest BCUT2D eigenvalue weighted by Crippen LogP contribution is -2.17. The van der Waals surface area contributed by atoms with E-state index in [9.17, 15) is 9.18 Å². The quantitative estimate of drug-likeness (QED) is 0.408. The molecule has 0 aromatic heterocycles. The number of alkyl halides is 3. The third-order valence-electron chi connectivity index (χ3n) is 0.546. The van der Waals surface area contributed by atoms with Gasteiger partial charge in [0.05, 0.1) is 2.74 Å². The Hall–Kier alpha value is 0.01000. The SMILES string of the molecule is [2H]C([2H])=C(F)C(=O)OCC(Cl)(Cl)Cl. The summed E-state index contributed by atoms with van der Waals surface area (Å²) in [6.07, 6.45) is 0. The Bertz CT molecular complexity index is 234. The standard InChI is InChI=1S/C5H4Cl3FO2/c1-3(9)4(10)11-2-5(6,7)8/h1-2H2/i1D2. The summed E-state index contributed by atoms with van der Waals surface area (Å²) in [6, 6.07) is 0. The van der Waals surface area contributed by atoms with E-state index >= 15 is 0 Å². The van der Waals surface area contributed by atoms with Crippen molar-refractivity contribution in [1.29, 1.82) is 0 Å².